The lowest BCUT2D eigenvalue weighted by atomic mass is 10.1. The molecule has 114 valence electrons. The molecule has 0 saturated heterocycles. The number of carboxylic acids is 1. The van der Waals surface area contributed by atoms with Crippen LogP contribution in [0, 0.1) is 11.2 Å². The van der Waals surface area contributed by atoms with Crippen molar-refractivity contribution in [3.63, 3.8) is 0 Å². The first kappa shape index (κ1) is 15.1. The van der Waals surface area contributed by atoms with Crippen LogP contribution in [0.3, 0.4) is 0 Å². The maximum Gasteiger partial charge on any atom is 0.387 e. The topological polar surface area (TPSA) is 75.6 Å². The summed E-state index contributed by atoms with van der Waals surface area (Å²) in [5.74, 6) is -3.23. The Hall–Kier alpha value is -2.25. The van der Waals surface area contributed by atoms with Crippen LogP contribution in [0.4, 0.5) is 13.2 Å². The summed E-state index contributed by atoms with van der Waals surface area (Å²) in [7, 11) is 0. The van der Waals surface area contributed by atoms with Crippen molar-refractivity contribution in [1.29, 1.82) is 0 Å². The van der Waals surface area contributed by atoms with Crippen LogP contribution in [0.2, 0.25) is 0 Å². The Balaban J connectivity index is 2.01. The van der Waals surface area contributed by atoms with Gasteiger partial charge in [-0.05, 0) is 25.0 Å². The molecule has 0 aliphatic heterocycles. The first-order chi connectivity index (χ1) is 9.84. The molecule has 2 N–H and O–H groups in total. The zero-order chi connectivity index (χ0) is 15.6. The van der Waals surface area contributed by atoms with Crippen LogP contribution in [0.15, 0.2) is 18.2 Å². The van der Waals surface area contributed by atoms with Crippen molar-refractivity contribution < 1.29 is 32.6 Å². The van der Waals surface area contributed by atoms with Crippen molar-refractivity contribution in [2.24, 2.45) is 5.41 Å². The fraction of sp³-hybridized carbons (Fsp3) is 0.385. The second kappa shape index (κ2) is 5.63. The molecule has 0 unspecified atom stereocenters. The molecule has 0 spiro atoms. The number of hydrogen-bond donors (Lipinski definition) is 2. The molecular formula is C13H12F3NO4. The van der Waals surface area contributed by atoms with Gasteiger partial charge in [0.2, 0.25) is 0 Å². The van der Waals surface area contributed by atoms with Crippen LogP contribution < -0.4 is 10.1 Å². The predicted molar refractivity (Wildman–Crippen MR) is 64.7 cm³/mol. The van der Waals surface area contributed by atoms with E-state index in [0.717, 1.165) is 12.1 Å². The van der Waals surface area contributed by atoms with E-state index in [4.69, 9.17) is 5.11 Å². The summed E-state index contributed by atoms with van der Waals surface area (Å²) in [6, 6.07) is 2.71. The zero-order valence-electron chi connectivity index (χ0n) is 10.7. The zero-order valence-corrected chi connectivity index (χ0v) is 10.7. The lowest BCUT2D eigenvalue weighted by Crippen LogP contribution is -2.34. The highest BCUT2D eigenvalue weighted by atomic mass is 19.3. The molecule has 1 aromatic carbocycles. The summed E-state index contributed by atoms with van der Waals surface area (Å²) in [5, 5.41) is 11.3. The average molecular weight is 303 g/mol. The van der Waals surface area contributed by atoms with Crippen LogP contribution >= 0.6 is 0 Å². The fourth-order valence-corrected chi connectivity index (χ4v) is 1.82. The Labute approximate surface area is 117 Å². The van der Waals surface area contributed by atoms with E-state index in [1.54, 1.807) is 0 Å². The number of benzene rings is 1. The Kier molecular flexibility index (Phi) is 4.06. The molecule has 5 nitrogen and oxygen atoms in total. The minimum Gasteiger partial charge on any atom is -0.481 e. The van der Waals surface area contributed by atoms with Gasteiger partial charge in [0.25, 0.3) is 5.91 Å². The molecule has 21 heavy (non-hydrogen) atoms. The number of halogens is 3. The Morgan fingerprint density at radius 3 is 2.52 bits per heavy atom. The van der Waals surface area contributed by atoms with E-state index in [0.29, 0.717) is 18.9 Å². The van der Waals surface area contributed by atoms with Gasteiger partial charge in [-0.25, -0.2) is 4.39 Å². The Morgan fingerprint density at radius 1 is 1.38 bits per heavy atom. The van der Waals surface area contributed by atoms with Crippen LogP contribution in [0.25, 0.3) is 0 Å². The third-order valence-electron chi connectivity index (χ3n) is 3.30. The number of carbonyl (C=O) groups is 2. The van der Waals surface area contributed by atoms with Crippen molar-refractivity contribution in [2.45, 2.75) is 19.5 Å². The first-order valence-corrected chi connectivity index (χ1v) is 6.10. The Bertz CT molecular complexity index is 573. The smallest absolute Gasteiger partial charge is 0.387 e. The van der Waals surface area contributed by atoms with Crippen LogP contribution in [0.1, 0.15) is 23.2 Å². The molecule has 0 atom stereocenters. The standard InChI is InChI=1S/C13H12F3NO4/c14-9-5-7(21-12(15)16)1-2-8(9)10(18)17-6-13(3-4-13)11(19)20/h1-2,5,12H,3-4,6H2,(H,17,18)(H,19,20). The number of aliphatic carboxylic acids is 1. The molecule has 1 fully saturated rings. The van der Waals surface area contributed by atoms with E-state index in [2.05, 4.69) is 10.1 Å². The fourth-order valence-electron chi connectivity index (χ4n) is 1.82. The maximum absolute atomic E-state index is 13.6. The quantitative estimate of drug-likeness (QED) is 0.843. The van der Waals surface area contributed by atoms with E-state index in [9.17, 15) is 22.8 Å². The number of carboxylic acid groups (broad SMARTS) is 1. The molecule has 0 heterocycles. The second-order valence-electron chi connectivity index (χ2n) is 4.79. The van der Waals surface area contributed by atoms with E-state index in [1.165, 1.54) is 0 Å². The molecule has 1 saturated carbocycles. The molecule has 1 aliphatic rings. The molecule has 1 aromatic rings. The van der Waals surface area contributed by atoms with Crippen LogP contribution in [0.5, 0.6) is 5.75 Å². The largest absolute Gasteiger partial charge is 0.481 e. The molecule has 1 aliphatic carbocycles. The van der Waals surface area contributed by atoms with Crippen molar-refractivity contribution in [1.82, 2.24) is 5.32 Å². The maximum atomic E-state index is 13.6. The SMILES string of the molecule is O=C(NCC1(C(=O)O)CC1)c1ccc(OC(F)F)cc1F. The van der Waals surface area contributed by atoms with Gasteiger partial charge in [0.1, 0.15) is 11.6 Å². The minimum absolute atomic E-state index is 0.101. The monoisotopic (exact) mass is 303 g/mol. The Morgan fingerprint density at radius 2 is 2.05 bits per heavy atom. The molecule has 2 rings (SSSR count). The van der Waals surface area contributed by atoms with E-state index in [-0.39, 0.29) is 12.1 Å². The van der Waals surface area contributed by atoms with Gasteiger partial charge in [-0.2, -0.15) is 8.78 Å². The average Bonchev–Trinajstić information content (AvgIpc) is 3.16. The number of ether oxygens (including phenoxy) is 1. The summed E-state index contributed by atoms with van der Waals surface area (Å²) in [6.45, 7) is -3.19. The molecule has 0 aromatic heterocycles. The molecule has 8 heteroatoms. The van der Waals surface area contributed by atoms with Gasteiger partial charge in [-0.1, -0.05) is 0 Å². The van der Waals surface area contributed by atoms with E-state index < -0.39 is 35.5 Å². The van der Waals surface area contributed by atoms with Crippen LogP contribution in [-0.2, 0) is 4.79 Å². The third-order valence-corrected chi connectivity index (χ3v) is 3.30. The summed E-state index contributed by atoms with van der Waals surface area (Å²) in [6.07, 6.45) is 0.901. The number of amides is 1. The highest BCUT2D eigenvalue weighted by molar-refractivity contribution is 5.95. The molecule has 1 amide bonds. The van der Waals surface area contributed by atoms with Crippen molar-refractivity contribution in [2.75, 3.05) is 6.54 Å². The number of hydrogen-bond acceptors (Lipinski definition) is 3. The van der Waals surface area contributed by atoms with Crippen LogP contribution in [-0.4, -0.2) is 30.1 Å². The second-order valence-corrected chi connectivity index (χ2v) is 4.79. The van der Waals surface area contributed by atoms with Gasteiger partial charge in [-0.3, -0.25) is 9.59 Å². The number of nitrogens with one attached hydrogen (secondary N) is 1. The molecular weight excluding hydrogens is 291 g/mol. The van der Waals surface area contributed by atoms with E-state index >= 15 is 0 Å². The molecule has 0 radical (unpaired) electrons. The number of rotatable bonds is 6. The number of alkyl halides is 2. The summed E-state index contributed by atoms with van der Waals surface area (Å²) in [4.78, 5) is 22.7. The van der Waals surface area contributed by atoms with Gasteiger partial charge < -0.3 is 15.2 Å². The van der Waals surface area contributed by atoms with Gasteiger partial charge in [0.15, 0.2) is 0 Å². The van der Waals surface area contributed by atoms with Crippen molar-refractivity contribution in [3.05, 3.63) is 29.6 Å². The normalized spacial score (nSPS) is 15.6. The minimum atomic E-state index is -3.09. The van der Waals surface area contributed by atoms with E-state index in [1.807, 2.05) is 0 Å². The highest BCUT2D eigenvalue weighted by Gasteiger charge is 2.50. The van der Waals surface area contributed by atoms with Gasteiger partial charge in [0, 0.05) is 12.6 Å². The predicted octanol–water partition coefficient (Wildman–Crippen LogP) is 2.02. The van der Waals surface area contributed by atoms with Crippen molar-refractivity contribution >= 4 is 11.9 Å². The lowest BCUT2D eigenvalue weighted by Gasteiger charge is -2.12. The third kappa shape index (κ3) is 3.45. The summed E-state index contributed by atoms with van der Waals surface area (Å²) < 4.78 is 41.6. The molecule has 0 bridgehead atoms. The van der Waals surface area contributed by atoms with Gasteiger partial charge in [0.05, 0.1) is 11.0 Å². The summed E-state index contributed by atoms with van der Waals surface area (Å²) in [5.41, 5.74) is -1.33. The first-order valence-electron chi connectivity index (χ1n) is 6.10. The lowest BCUT2D eigenvalue weighted by molar-refractivity contribution is -0.143. The van der Waals surface area contributed by atoms with Gasteiger partial charge >= 0.3 is 12.6 Å². The van der Waals surface area contributed by atoms with Gasteiger partial charge in [-0.15, -0.1) is 0 Å². The summed E-state index contributed by atoms with van der Waals surface area (Å²) >= 11 is 0. The highest BCUT2D eigenvalue weighted by Crippen LogP contribution is 2.45. The van der Waals surface area contributed by atoms with Crippen molar-refractivity contribution in [3.8, 4) is 5.75 Å². The number of carbonyl (C=O) groups excluding carboxylic acids is 1.